The van der Waals surface area contributed by atoms with E-state index in [0.717, 1.165) is 5.56 Å². The van der Waals surface area contributed by atoms with Crippen LogP contribution in [0.25, 0.3) is 6.08 Å². The number of nitrogens with zero attached hydrogens (tertiary/aromatic N) is 2. The third-order valence-electron chi connectivity index (χ3n) is 2.71. The molecule has 0 aliphatic rings. The molecule has 3 N–H and O–H groups in total. The van der Waals surface area contributed by atoms with Gasteiger partial charge in [0.15, 0.2) is 0 Å². The Morgan fingerprint density at radius 2 is 2.24 bits per heavy atom. The maximum atomic E-state index is 11.8. The van der Waals surface area contributed by atoms with E-state index in [2.05, 4.69) is 20.3 Å². The molecule has 0 spiro atoms. The van der Waals surface area contributed by atoms with Crippen LogP contribution in [0.2, 0.25) is 0 Å². The molecule has 2 rings (SSSR count). The van der Waals surface area contributed by atoms with Crippen LogP contribution in [0.3, 0.4) is 0 Å². The fraction of sp³-hybridized carbons (Fsp3) is 0.143. The van der Waals surface area contributed by atoms with E-state index in [1.807, 2.05) is 0 Å². The van der Waals surface area contributed by atoms with Gasteiger partial charge < -0.3 is 15.4 Å². The van der Waals surface area contributed by atoms with Gasteiger partial charge in [-0.25, -0.2) is 9.78 Å². The summed E-state index contributed by atoms with van der Waals surface area (Å²) in [5.41, 5.74) is 1.40. The van der Waals surface area contributed by atoms with E-state index in [1.54, 1.807) is 30.6 Å². The molecule has 0 aliphatic carbocycles. The molecule has 1 amide bonds. The Morgan fingerprint density at radius 3 is 2.86 bits per heavy atom. The fourth-order valence-corrected chi connectivity index (χ4v) is 1.68. The topological polar surface area (TPSA) is 108 Å². The fourth-order valence-electron chi connectivity index (χ4n) is 1.68. The first kappa shape index (κ1) is 14.4. The zero-order chi connectivity index (χ0) is 15.1. The van der Waals surface area contributed by atoms with E-state index < -0.39 is 17.9 Å². The van der Waals surface area contributed by atoms with Crippen molar-refractivity contribution in [1.82, 2.24) is 20.3 Å². The summed E-state index contributed by atoms with van der Waals surface area (Å²) in [5.74, 6) is -1.58. The molecule has 2 heterocycles. The lowest BCUT2D eigenvalue weighted by molar-refractivity contribution is -0.141. The van der Waals surface area contributed by atoms with E-state index in [-0.39, 0.29) is 6.42 Å². The molecule has 2 aromatic heterocycles. The number of H-pyrrole nitrogens is 1. The summed E-state index contributed by atoms with van der Waals surface area (Å²) < 4.78 is 0. The van der Waals surface area contributed by atoms with Crippen LogP contribution >= 0.6 is 0 Å². The predicted molar refractivity (Wildman–Crippen MR) is 75.1 cm³/mol. The first-order chi connectivity index (χ1) is 10.1. The molecule has 2 aromatic rings. The summed E-state index contributed by atoms with van der Waals surface area (Å²) in [6.07, 6.45) is 9.19. The van der Waals surface area contributed by atoms with Crippen LogP contribution in [-0.2, 0) is 16.0 Å². The van der Waals surface area contributed by atoms with Gasteiger partial charge in [0.05, 0.1) is 6.33 Å². The Balaban J connectivity index is 1.95. The molecule has 1 atom stereocenters. The minimum atomic E-state index is -1.10. The molecule has 0 saturated carbocycles. The Labute approximate surface area is 120 Å². The first-order valence-electron chi connectivity index (χ1n) is 6.24. The van der Waals surface area contributed by atoms with E-state index >= 15 is 0 Å². The second kappa shape index (κ2) is 6.99. The molecule has 7 nitrogen and oxygen atoms in total. The average Bonchev–Trinajstić information content (AvgIpc) is 2.98. The number of amides is 1. The van der Waals surface area contributed by atoms with Crippen LogP contribution in [0.15, 0.2) is 43.1 Å². The standard InChI is InChI=1S/C14H14N4O3/c19-13(4-3-10-2-1-5-15-7-10)18-12(14(20)21)6-11-8-16-9-17-11/h1-5,7-9,12H,6H2,(H,16,17)(H,18,19)(H,20,21)/b4-3+/t12-/m1/s1. The van der Waals surface area contributed by atoms with Crippen molar-refractivity contribution in [2.75, 3.05) is 0 Å². The quantitative estimate of drug-likeness (QED) is 0.675. The van der Waals surface area contributed by atoms with Gasteiger partial charge in [0, 0.05) is 36.8 Å². The number of carboxylic acids is 1. The lowest BCUT2D eigenvalue weighted by atomic mass is 10.1. The number of imidazole rings is 1. The second-order valence-corrected chi connectivity index (χ2v) is 4.30. The van der Waals surface area contributed by atoms with Crippen molar-refractivity contribution in [2.45, 2.75) is 12.5 Å². The summed E-state index contributed by atoms with van der Waals surface area (Å²) in [6, 6.07) is 2.52. The Hall–Kier alpha value is -2.96. The number of carboxylic acid groups (broad SMARTS) is 1. The Morgan fingerprint density at radius 1 is 1.38 bits per heavy atom. The molecule has 0 unspecified atom stereocenters. The summed E-state index contributed by atoms with van der Waals surface area (Å²) in [4.78, 5) is 33.4. The molecule has 0 radical (unpaired) electrons. The molecule has 21 heavy (non-hydrogen) atoms. The number of aromatic nitrogens is 3. The van der Waals surface area contributed by atoms with Gasteiger partial charge in [-0.2, -0.15) is 0 Å². The Kier molecular flexibility index (Phi) is 4.81. The van der Waals surface area contributed by atoms with Crippen LogP contribution in [0.5, 0.6) is 0 Å². The Bertz CT molecular complexity index is 623. The number of hydrogen-bond acceptors (Lipinski definition) is 4. The number of pyridine rings is 1. The molecule has 0 aliphatic heterocycles. The number of hydrogen-bond donors (Lipinski definition) is 3. The van der Waals surface area contributed by atoms with Crippen molar-refractivity contribution in [3.05, 3.63) is 54.4 Å². The molecule has 0 bridgehead atoms. The average molecular weight is 286 g/mol. The van der Waals surface area contributed by atoms with Gasteiger partial charge in [0.1, 0.15) is 6.04 Å². The zero-order valence-corrected chi connectivity index (χ0v) is 11.1. The summed E-state index contributed by atoms with van der Waals surface area (Å²) in [5, 5.41) is 11.6. The highest BCUT2D eigenvalue weighted by Gasteiger charge is 2.19. The molecule has 0 saturated heterocycles. The van der Waals surface area contributed by atoms with Crippen molar-refractivity contribution in [3.63, 3.8) is 0 Å². The number of rotatable bonds is 6. The number of carbonyl (C=O) groups is 2. The summed E-state index contributed by atoms with van der Waals surface area (Å²) >= 11 is 0. The maximum absolute atomic E-state index is 11.8. The summed E-state index contributed by atoms with van der Waals surface area (Å²) in [7, 11) is 0. The van der Waals surface area contributed by atoms with Crippen LogP contribution in [0, 0.1) is 0 Å². The van der Waals surface area contributed by atoms with E-state index in [9.17, 15) is 9.59 Å². The third-order valence-corrected chi connectivity index (χ3v) is 2.71. The van der Waals surface area contributed by atoms with E-state index in [1.165, 1.54) is 18.6 Å². The normalized spacial score (nSPS) is 12.2. The van der Waals surface area contributed by atoms with Crippen molar-refractivity contribution >= 4 is 18.0 Å². The van der Waals surface area contributed by atoms with Gasteiger partial charge in [0.2, 0.25) is 5.91 Å². The zero-order valence-electron chi connectivity index (χ0n) is 11.1. The summed E-state index contributed by atoms with van der Waals surface area (Å²) in [6.45, 7) is 0. The van der Waals surface area contributed by atoms with Gasteiger partial charge in [-0.3, -0.25) is 9.78 Å². The van der Waals surface area contributed by atoms with Crippen molar-refractivity contribution in [1.29, 1.82) is 0 Å². The monoisotopic (exact) mass is 286 g/mol. The molecular formula is C14H14N4O3. The lowest BCUT2D eigenvalue weighted by Gasteiger charge is -2.11. The van der Waals surface area contributed by atoms with Crippen LogP contribution in [0.4, 0.5) is 0 Å². The highest BCUT2D eigenvalue weighted by Crippen LogP contribution is 2.01. The minimum absolute atomic E-state index is 0.141. The molecule has 108 valence electrons. The number of aromatic amines is 1. The van der Waals surface area contributed by atoms with Crippen molar-refractivity contribution in [3.8, 4) is 0 Å². The van der Waals surface area contributed by atoms with Gasteiger partial charge in [-0.05, 0) is 17.7 Å². The number of carbonyl (C=O) groups excluding carboxylic acids is 1. The van der Waals surface area contributed by atoms with Crippen molar-refractivity contribution in [2.24, 2.45) is 0 Å². The SMILES string of the molecule is O=C(/C=C/c1cccnc1)N[C@H](Cc1cnc[nH]1)C(=O)O. The highest BCUT2D eigenvalue weighted by molar-refractivity contribution is 5.94. The minimum Gasteiger partial charge on any atom is -0.480 e. The highest BCUT2D eigenvalue weighted by atomic mass is 16.4. The van der Waals surface area contributed by atoms with Crippen LogP contribution < -0.4 is 5.32 Å². The first-order valence-corrected chi connectivity index (χ1v) is 6.24. The number of nitrogens with one attached hydrogen (secondary N) is 2. The van der Waals surface area contributed by atoms with Crippen LogP contribution in [-0.4, -0.2) is 38.0 Å². The third kappa shape index (κ3) is 4.57. The van der Waals surface area contributed by atoms with Gasteiger partial charge in [0.25, 0.3) is 0 Å². The maximum Gasteiger partial charge on any atom is 0.326 e. The van der Waals surface area contributed by atoms with Gasteiger partial charge >= 0.3 is 5.97 Å². The second-order valence-electron chi connectivity index (χ2n) is 4.30. The number of aliphatic carboxylic acids is 1. The van der Waals surface area contributed by atoms with Crippen molar-refractivity contribution < 1.29 is 14.7 Å². The largest absolute Gasteiger partial charge is 0.480 e. The molecule has 0 fully saturated rings. The van der Waals surface area contributed by atoms with Gasteiger partial charge in [-0.1, -0.05) is 6.07 Å². The smallest absolute Gasteiger partial charge is 0.326 e. The van der Waals surface area contributed by atoms with Gasteiger partial charge in [-0.15, -0.1) is 0 Å². The van der Waals surface area contributed by atoms with E-state index in [0.29, 0.717) is 5.69 Å². The molecule has 7 heteroatoms. The van der Waals surface area contributed by atoms with Crippen LogP contribution in [0.1, 0.15) is 11.3 Å². The predicted octanol–water partition coefficient (Wildman–Crippen LogP) is 0.630. The molecular weight excluding hydrogens is 272 g/mol. The van der Waals surface area contributed by atoms with E-state index in [4.69, 9.17) is 5.11 Å². The lowest BCUT2D eigenvalue weighted by Crippen LogP contribution is -2.41. The molecule has 0 aromatic carbocycles.